The van der Waals surface area contributed by atoms with E-state index < -0.39 is 0 Å². The predicted molar refractivity (Wildman–Crippen MR) is 83.6 cm³/mol. The minimum absolute atomic E-state index is 0.386. The van der Waals surface area contributed by atoms with E-state index in [0.717, 1.165) is 12.3 Å². The molecule has 1 aromatic heterocycles. The molecular formula is C16H28N2S. The third kappa shape index (κ3) is 4.03. The molecule has 0 bridgehead atoms. The molecule has 1 saturated carbocycles. The quantitative estimate of drug-likeness (QED) is 0.874. The maximum atomic E-state index is 4.56. The molecule has 1 aliphatic rings. The van der Waals surface area contributed by atoms with Crippen molar-refractivity contribution < 1.29 is 0 Å². The van der Waals surface area contributed by atoms with Gasteiger partial charge in [-0.15, -0.1) is 11.3 Å². The van der Waals surface area contributed by atoms with Crippen molar-refractivity contribution >= 4 is 11.3 Å². The van der Waals surface area contributed by atoms with Crippen molar-refractivity contribution in [2.75, 3.05) is 0 Å². The highest BCUT2D eigenvalue weighted by atomic mass is 32.1. The number of rotatable bonds is 4. The highest BCUT2D eigenvalue weighted by Crippen LogP contribution is 2.39. The Morgan fingerprint density at radius 2 is 2.21 bits per heavy atom. The monoisotopic (exact) mass is 280 g/mol. The van der Waals surface area contributed by atoms with Crippen molar-refractivity contribution in [2.24, 2.45) is 11.3 Å². The summed E-state index contributed by atoms with van der Waals surface area (Å²) in [4.78, 5) is 5.95. The van der Waals surface area contributed by atoms with Gasteiger partial charge in [0.05, 0.1) is 6.04 Å². The Kier molecular flexibility index (Phi) is 4.67. The molecule has 1 aromatic rings. The first-order chi connectivity index (χ1) is 8.89. The Morgan fingerprint density at radius 3 is 2.79 bits per heavy atom. The van der Waals surface area contributed by atoms with E-state index in [9.17, 15) is 0 Å². The molecule has 1 N–H and O–H groups in total. The average Bonchev–Trinajstić information content (AvgIpc) is 2.74. The summed E-state index contributed by atoms with van der Waals surface area (Å²) in [5.41, 5.74) is 0.479. The summed E-state index contributed by atoms with van der Waals surface area (Å²) in [5, 5.41) is 5.05. The van der Waals surface area contributed by atoms with Crippen molar-refractivity contribution in [3.05, 3.63) is 16.1 Å². The van der Waals surface area contributed by atoms with Crippen LogP contribution in [0, 0.1) is 11.3 Å². The zero-order valence-electron chi connectivity index (χ0n) is 13.0. The summed E-state index contributed by atoms with van der Waals surface area (Å²) in [5.74, 6) is 0.830. The first kappa shape index (κ1) is 15.0. The Bertz CT molecular complexity index is 411. The predicted octanol–water partition coefficient (Wildman–Crippen LogP) is 4.57. The van der Waals surface area contributed by atoms with E-state index in [4.69, 9.17) is 0 Å². The molecule has 1 aliphatic carbocycles. The van der Waals surface area contributed by atoms with E-state index in [-0.39, 0.29) is 0 Å². The van der Waals surface area contributed by atoms with Gasteiger partial charge in [0.15, 0.2) is 0 Å². The Morgan fingerprint density at radius 1 is 1.47 bits per heavy atom. The number of nitrogens with zero attached hydrogens (tertiary/aromatic N) is 1. The van der Waals surface area contributed by atoms with Crippen LogP contribution in [-0.2, 0) is 6.42 Å². The van der Waals surface area contributed by atoms with Crippen LogP contribution < -0.4 is 5.32 Å². The normalized spacial score (nSPS) is 28.3. The van der Waals surface area contributed by atoms with Gasteiger partial charge in [0.1, 0.15) is 5.01 Å². The van der Waals surface area contributed by atoms with E-state index >= 15 is 0 Å². The molecule has 3 unspecified atom stereocenters. The summed E-state index contributed by atoms with van der Waals surface area (Å²) >= 11 is 1.86. The molecule has 2 rings (SSSR count). The molecule has 0 amide bonds. The standard InChI is InChI=1S/C16H28N2S/c1-6-14-10-17-15(19-14)12(3)18-13-7-11(2)8-16(4,5)9-13/h10-13,18H,6-9H2,1-5H3. The second-order valence-electron chi connectivity index (χ2n) is 7.02. The maximum absolute atomic E-state index is 4.56. The smallest absolute Gasteiger partial charge is 0.109 e. The number of aromatic nitrogens is 1. The lowest BCUT2D eigenvalue weighted by Gasteiger charge is -2.40. The van der Waals surface area contributed by atoms with Gasteiger partial charge in [0.25, 0.3) is 0 Å². The number of aryl methyl sites for hydroxylation is 1. The van der Waals surface area contributed by atoms with Crippen molar-refractivity contribution in [1.29, 1.82) is 0 Å². The molecular weight excluding hydrogens is 252 g/mol. The SMILES string of the molecule is CCc1cnc(C(C)NC2CC(C)CC(C)(C)C2)s1. The maximum Gasteiger partial charge on any atom is 0.109 e. The highest BCUT2D eigenvalue weighted by molar-refractivity contribution is 7.11. The van der Waals surface area contributed by atoms with Crippen LogP contribution in [0.5, 0.6) is 0 Å². The van der Waals surface area contributed by atoms with E-state index in [1.807, 2.05) is 17.5 Å². The van der Waals surface area contributed by atoms with Crippen LogP contribution in [0.15, 0.2) is 6.20 Å². The van der Waals surface area contributed by atoms with Gasteiger partial charge in [0.2, 0.25) is 0 Å². The fraction of sp³-hybridized carbons (Fsp3) is 0.812. The van der Waals surface area contributed by atoms with Crippen molar-refractivity contribution in [2.45, 2.75) is 72.4 Å². The topological polar surface area (TPSA) is 24.9 Å². The number of hydrogen-bond donors (Lipinski definition) is 1. The van der Waals surface area contributed by atoms with Gasteiger partial charge in [-0.05, 0) is 43.9 Å². The molecule has 0 spiro atoms. The molecule has 0 saturated heterocycles. The number of nitrogens with one attached hydrogen (secondary N) is 1. The second kappa shape index (κ2) is 5.92. The van der Waals surface area contributed by atoms with Gasteiger partial charge in [0, 0.05) is 17.1 Å². The third-order valence-corrected chi connectivity index (χ3v) is 5.49. The lowest BCUT2D eigenvalue weighted by Crippen LogP contribution is -2.41. The zero-order valence-corrected chi connectivity index (χ0v) is 13.8. The first-order valence-electron chi connectivity index (χ1n) is 7.60. The van der Waals surface area contributed by atoms with E-state index in [1.54, 1.807) is 0 Å². The fourth-order valence-electron chi connectivity index (χ4n) is 3.58. The molecule has 3 atom stereocenters. The van der Waals surface area contributed by atoms with Crippen molar-refractivity contribution in [3.8, 4) is 0 Å². The van der Waals surface area contributed by atoms with E-state index in [2.05, 4.69) is 44.9 Å². The van der Waals surface area contributed by atoms with Crippen LogP contribution in [-0.4, -0.2) is 11.0 Å². The molecule has 1 heterocycles. The van der Waals surface area contributed by atoms with Crippen molar-refractivity contribution in [1.82, 2.24) is 10.3 Å². The molecule has 3 heteroatoms. The third-order valence-electron chi connectivity index (χ3n) is 4.16. The molecule has 108 valence electrons. The van der Waals surface area contributed by atoms with Crippen LogP contribution in [0.2, 0.25) is 0 Å². The Labute approximate surface area is 122 Å². The van der Waals surface area contributed by atoms with Gasteiger partial charge < -0.3 is 5.32 Å². The van der Waals surface area contributed by atoms with Gasteiger partial charge >= 0.3 is 0 Å². The second-order valence-corrected chi connectivity index (χ2v) is 8.16. The van der Waals surface area contributed by atoms with Crippen LogP contribution >= 0.6 is 11.3 Å². The summed E-state index contributed by atoms with van der Waals surface area (Å²) in [6, 6.07) is 1.03. The molecule has 0 aliphatic heterocycles. The van der Waals surface area contributed by atoms with Crippen LogP contribution in [0.1, 0.15) is 69.8 Å². The molecule has 2 nitrogen and oxygen atoms in total. The van der Waals surface area contributed by atoms with Crippen molar-refractivity contribution in [3.63, 3.8) is 0 Å². The molecule has 0 radical (unpaired) electrons. The summed E-state index contributed by atoms with van der Waals surface area (Å²) < 4.78 is 0. The molecule has 0 aromatic carbocycles. The summed E-state index contributed by atoms with van der Waals surface area (Å²) in [6.45, 7) is 11.6. The molecule has 1 fully saturated rings. The van der Waals surface area contributed by atoms with E-state index in [0.29, 0.717) is 17.5 Å². The zero-order chi connectivity index (χ0) is 14.0. The largest absolute Gasteiger partial charge is 0.305 e. The van der Waals surface area contributed by atoms with Gasteiger partial charge in [-0.25, -0.2) is 4.98 Å². The van der Waals surface area contributed by atoms with Gasteiger partial charge in [-0.2, -0.15) is 0 Å². The van der Waals surface area contributed by atoms with Crippen LogP contribution in [0.25, 0.3) is 0 Å². The average molecular weight is 280 g/mol. The van der Waals surface area contributed by atoms with Gasteiger partial charge in [-0.3, -0.25) is 0 Å². The minimum Gasteiger partial charge on any atom is -0.305 e. The minimum atomic E-state index is 0.386. The van der Waals surface area contributed by atoms with Gasteiger partial charge in [-0.1, -0.05) is 27.7 Å². The Balaban J connectivity index is 1.96. The lowest BCUT2D eigenvalue weighted by molar-refractivity contribution is 0.145. The van der Waals surface area contributed by atoms with Crippen LogP contribution in [0.4, 0.5) is 0 Å². The fourth-order valence-corrected chi connectivity index (χ4v) is 4.45. The first-order valence-corrected chi connectivity index (χ1v) is 8.42. The van der Waals surface area contributed by atoms with Crippen LogP contribution in [0.3, 0.4) is 0 Å². The number of hydrogen-bond acceptors (Lipinski definition) is 3. The lowest BCUT2D eigenvalue weighted by atomic mass is 9.70. The summed E-state index contributed by atoms with van der Waals surface area (Å²) in [6.07, 6.45) is 7.08. The summed E-state index contributed by atoms with van der Waals surface area (Å²) in [7, 11) is 0. The highest BCUT2D eigenvalue weighted by Gasteiger charge is 2.32. The van der Waals surface area contributed by atoms with E-state index in [1.165, 1.54) is 29.1 Å². The number of thiazole rings is 1. The molecule has 19 heavy (non-hydrogen) atoms. The Hall–Kier alpha value is -0.410.